The van der Waals surface area contributed by atoms with E-state index in [1.165, 1.54) is 0 Å². The summed E-state index contributed by atoms with van der Waals surface area (Å²) in [6.45, 7) is 2.04. The van der Waals surface area contributed by atoms with Crippen LogP contribution in [-0.2, 0) is 11.2 Å². The predicted molar refractivity (Wildman–Crippen MR) is 79.9 cm³/mol. The second-order valence-corrected chi connectivity index (χ2v) is 5.35. The maximum absolute atomic E-state index is 12.1. The Labute approximate surface area is 119 Å². The number of rotatable bonds is 7. The second-order valence-electron chi connectivity index (χ2n) is 4.44. The molecule has 4 heteroatoms. The molecule has 2 atom stereocenters. The van der Waals surface area contributed by atoms with Crippen LogP contribution < -0.4 is 5.32 Å². The highest BCUT2D eigenvalue weighted by atomic mass is 32.2. The van der Waals surface area contributed by atoms with Crippen LogP contribution in [0.15, 0.2) is 30.3 Å². The van der Waals surface area contributed by atoms with Gasteiger partial charge in [0.15, 0.2) is 0 Å². The lowest BCUT2D eigenvalue weighted by Crippen LogP contribution is -2.40. The van der Waals surface area contributed by atoms with Crippen molar-refractivity contribution in [1.29, 1.82) is 5.26 Å². The zero-order chi connectivity index (χ0) is 14.1. The van der Waals surface area contributed by atoms with Crippen molar-refractivity contribution >= 4 is 17.7 Å². The summed E-state index contributed by atoms with van der Waals surface area (Å²) in [5.41, 5.74) is 1.02. The van der Waals surface area contributed by atoms with Crippen molar-refractivity contribution in [2.45, 2.75) is 25.8 Å². The Balaban J connectivity index is 2.60. The summed E-state index contributed by atoms with van der Waals surface area (Å²) in [5, 5.41) is 12.1. The summed E-state index contributed by atoms with van der Waals surface area (Å²) >= 11 is 1.70. The molecule has 3 nitrogen and oxygen atoms in total. The molecule has 1 aromatic rings. The van der Waals surface area contributed by atoms with E-state index in [2.05, 4.69) is 11.4 Å². The van der Waals surface area contributed by atoms with Crippen LogP contribution in [0.1, 0.15) is 18.9 Å². The van der Waals surface area contributed by atoms with Gasteiger partial charge in [0, 0.05) is 11.8 Å². The van der Waals surface area contributed by atoms with Crippen molar-refractivity contribution in [2.24, 2.45) is 5.92 Å². The van der Waals surface area contributed by atoms with Crippen LogP contribution in [0.3, 0.4) is 0 Å². The molecule has 1 rings (SSSR count). The third-order valence-electron chi connectivity index (χ3n) is 2.96. The molecule has 1 amide bonds. The van der Waals surface area contributed by atoms with Crippen molar-refractivity contribution in [3.63, 3.8) is 0 Å². The highest BCUT2D eigenvalue weighted by Gasteiger charge is 2.20. The smallest absolute Gasteiger partial charge is 0.237 e. The molecule has 0 aromatic heterocycles. The van der Waals surface area contributed by atoms with Gasteiger partial charge in [-0.15, -0.1) is 0 Å². The molecule has 0 aliphatic rings. The molecule has 0 heterocycles. The van der Waals surface area contributed by atoms with E-state index in [0.29, 0.717) is 6.42 Å². The molecule has 102 valence electrons. The first-order valence-electron chi connectivity index (χ1n) is 6.44. The van der Waals surface area contributed by atoms with Gasteiger partial charge in [-0.2, -0.15) is 17.0 Å². The second kappa shape index (κ2) is 8.60. The van der Waals surface area contributed by atoms with Crippen LogP contribution in [0.4, 0.5) is 0 Å². The number of carbonyl (C=O) groups excluding carboxylic acids is 1. The first-order valence-corrected chi connectivity index (χ1v) is 7.83. The maximum Gasteiger partial charge on any atom is 0.237 e. The van der Waals surface area contributed by atoms with Crippen LogP contribution in [0, 0.1) is 17.2 Å². The Morgan fingerprint density at radius 1 is 1.42 bits per heavy atom. The number of nitrogens with one attached hydrogen (secondary N) is 1. The summed E-state index contributed by atoms with van der Waals surface area (Å²) in [4.78, 5) is 12.1. The number of amides is 1. The monoisotopic (exact) mass is 276 g/mol. The number of benzene rings is 1. The number of carbonyl (C=O) groups is 1. The van der Waals surface area contributed by atoms with Gasteiger partial charge in [0.1, 0.15) is 5.92 Å². The van der Waals surface area contributed by atoms with E-state index in [1.807, 2.05) is 43.5 Å². The minimum absolute atomic E-state index is 0.147. The maximum atomic E-state index is 12.1. The van der Waals surface area contributed by atoms with Gasteiger partial charge in [-0.25, -0.2) is 0 Å². The van der Waals surface area contributed by atoms with E-state index in [4.69, 9.17) is 5.26 Å². The minimum Gasteiger partial charge on any atom is -0.351 e. The first kappa shape index (κ1) is 15.6. The van der Waals surface area contributed by atoms with E-state index in [1.54, 1.807) is 11.8 Å². The first-order chi connectivity index (χ1) is 9.21. The zero-order valence-electron chi connectivity index (χ0n) is 11.4. The predicted octanol–water partition coefficient (Wildman–Crippen LogP) is 2.63. The van der Waals surface area contributed by atoms with Gasteiger partial charge >= 0.3 is 0 Å². The molecule has 0 saturated heterocycles. The third-order valence-corrected chi connectivity index (χ3v) is 3.70. The Hall–Kier alpha value is -1.47. The lowest BCUT2D eigenvalue weighted by atomic mass is 9.99. The molecule has 0 radical (unpaired) electrons. The highest BCUT2D eigenvalue weighted by molar-refractivity contribution is 7.98. The van der Waals surface area contributed by atoms with Crippen molar-refractivity contribution in [3.05, 3.63) is 35.9 Å². The largest absolute Gasteiger partial charge is 0.351 e. The van der Waals surface area contributed by atoms with Gasteiger partial charge in [0.05, 0.1) is 6.07 Å². The molecule has 0 aliphatic heterocycles. The quantitative estimate of drug-likeness (QED) is 0.833. The van der Waals surface area contributed by atoms with Gasteiger partial charge in [0.2, 0.25) is 5.91 Å². The normalized spacial score (nSPS) is 13.3. The Bertz CT molecular complexity index is 428. The van der Waals surface area contributed by atoms with Crippen LogP contribution in [0.2, 0.25) is 0 Å². The van der Waals surface area contributed by atoms with Crippen LogP contribution in [-0.4, -0.2) is 24.0 Å². The van der Waals surface area contributed by atoms with Gasteiger partial charge in [-0.3, -0.25) is 4.79 Å². The Morgan fingerprint density at radius 2 is 2.11 bits per heavy atom. The molecule has 0 spiro atoms. The zero-order valence-corrected chi connectivity index (χ0v) is 12.2. The van der Waals surface area contributed by atoms with Gasteiger partial charge in [-0.1, -0.05) is 37.3 Å². The molecule has 1 aromatic carbocycles. The Morgan fingerprint density at radius 3 is 2.63 bits per heavy atom. The highest BCUT2D eigenvalue weighted by Crippen LogP contribution is 2.10. The van der Waals surface area contributed by atoms with Crippen molar-refractivity contribution in [2.75, 3.05) is 12.0 Å². The summed E-state index contributed by atoms with van der Waals surface area (Å²) < 4.78 is 0. The van der Waals surface area contributed by atoms with Crippen LogP contribution in [0.5, 0.6) is 0 Å². The average Bonchev–Trinajstić information content (AvgIpc) is 2.45. The van der Waals surface area contributed by atoms with Crippen molar-refractivity contribution < 1.29 is 4.79 Å². The van der Waals surface area contributed by atoms with E-state index in [9.17, 15) is 4.79 Å². The number of hydrogen-bond donors (Lipinski definition) is 1. The molecule has 0 bridgehead atoms. The van der Waals surface area contributed by atoms with E-state index in [-0.39, 0.29) is 11.9 Å². The van der Waals surface area contributed by atoms with Crippen LogP contribution >= 0.6 is 11.8 Å². The molecule has 2 unspecified atom stereocenters. The van der Waals surface area contributed by atoms with Gasteiger partial charge < -0.3 is 5.32 Å². The Kier molecular flexibility index (Phi) is 7.06. The molecule has 1 N–H and O–H groups in total. The molecular formula is C15H20N2OS. The van der Waals surface area contributed by atoms with Crippen molar-refractivity contribution in [3.8, 4) is 6.07 Å². The number of nitriles is 1. The summed E-state index contributed by atoms with van der Waals surface area (Å²) in [7, 11) is 0. The van der Waals surface area contributed by atoms with Gasteiger partial charge in [-0.05, 0) is 24.7 Å². The van der Waals surface area contributed by atoms with E-state index in [0.717, 1.165) is 17.7 Å². The van der Waals surface area contributed by atoms with Crippen LogP contribution in [0.25, 0.3) is 0 Å². The summed E-state index contributed by atoms with van der Waals surface area (Å²) in [6.07, 6.45) is 3.37. The lowest BCUT2D eigenvalue weighted by molar-refractivity contribution is -0.123. The SMILES string of the molecule is CCC(CSC)NC(=O)C(C#N)Cc1ccccc1. The average molecular weight is 276 g/mol. The third kappa shape index (κ3) is 5.35. The van der Waals surface area contributed by atoms with E-state index < -0.39 is 5.92 Å². The fraction of sp³-hybridized carbons (Fsp3) is 0.467. The summed E-state index contributed by atoms with van der Waals surface area (Å²) in [6, 6.07) is 11.9. The molecular weight excluding hydrogens is 256 g/mol. The number of nitrogens with zero attached hydrogens (tertiary/aromatic N) is 1. The van der Waals surface area contributed by atoms with E-state index >= 15 is 0 Å². The van der Waals surface area contributed by atoms with Crippen molar-refractivity contribution in [1.82, 2.24) is 5.32 Å². The molecule has 19 heavy (non-hydrogen) atoms. The standard InChI is InChI=1S/C15H20N2OS/c1-3-14(11-19-2)17-15(18)13(10-16)9-12-7-5-4-6-8-12/h4-8,13-14H,3,9,11H2,1-2H3,(H,17,18). The fourth-order valence-corrected chi connectivity index (χ4v) is 2.53. The molecule has 0 fully saturated rings. The van der Waals surface area contributed by atoms with Gasteiger partial charge in [0.25, 0.3) is 0 Å². The minimum atomic E-state index is -0.613. The topological polar surface area (TPSA) is 52.9 Å². The molecule has 0 aliphatic carbocycles. The number of thioether (sulfide) groups is 1. The lowest BCUT2D eigenvalue weighted by Gasteiger charge is -2.18. The number of hydrogen-bond acceptors (Lipinski definition) is 3. The summed E-state index contributed by atoms with van der Waals surface area (Å²) in [5.74, 6) is 0.108. The molecule has 0 saturated carbocycles. The fourth-order valence-electron chi connectivity index (χ4n) is 1.81.